The summed E-state index contributed by atoms with van der Waals surface area (Å²) in [5.41, 5.74) is 1.99. The number of carbonyl (C=O) groups is 1. The van der Waals surface area contributed by atoms with Crippen molar-refractivity contribution in [3.8, 4) is 5.69 Å². The van der Waals surface area contributed by atoms with E-state index < -0.39 is 0 Å². The van der Waals surface area contributed by atoms with Crippen molar-refractivity contribution >= 4 is 5.91 Å². The molecule has 0 bridgehead atoms. The third-order valence-electron chi connectivity index (χ3n) is 3.50. The standard InChI is InChI=1S/C16H18N6O/c1-13-5-2-3-6-14(13)22-12-19-15(20-22)16(23)18-7-4-9-21-10-8-17-11-21/h2-3,5-6,8,10-12H,4,7,9H2,1H3,(H,18,23). The maximum Gasteiger partial charge on any atom is 0.290 e. The van der Waals surface area contributed by atoms with Gasteiger partial charge in [-0.1, -0.05) is 18.2 Å². The predicted octanol–water partition coefficient (Wildman–Crippen LogP) is 1.59. The Morgan fingerprint density at radius 2 is 2.13 bits per heavy atom. The summed E-state index contributed by atoms with van der Waals surface area (Å²) >= 11 is 0. The molecule has 2 aromatic heterocycles. The molecular formula is C16H18N6O. The van der Waals surface area contributed by atoms with E-state index in [1.165, 1.54) is 0 Å². The van der Waals surface area contributed by atoms with Crippen LogP contribution >= 0.6 is 0 Å². The second-order valence-corrected chi connectivity index (χ2v) is 5.21. The molecule has 7 nitrogen and oxygen atoms in total. The highest BCUT2D eigenvalue weighted by Gasteiger charge is 2.12. The molecular weight excluding hydrogens is 292 g/mol. The van der Waals surface area contributed by atoms with E-state index in [0.29, 0.717) is 6.54 Å². The molecule has 118 valence electrons. The van der Waals surface area contributed by atoms with Gasteiger partial charge in [0.15, 0.2) is 0 Å². The third-order valence-corrected chi connectivity index (χ3v) is 3.50. The Balaban J connectivity index is 1.55. The molecule has 0 fully saturated rings. The van der Waals surface area contributed by atoms with E-state index in [2.05, 4.69) is 20.4 Å². The maximum atomic E-state index is 12.1. The SMILES string of the molecule is Cc1ccccc1-n1cnc(C(=O)NCCCn2ccnc2)n1. The number of amides is 1. The Morgan fingerprint density at radius 1 is 1.26 bits per heavy atom. The van der Waals surface area contributed by atoms with Crippen molar-refractivity contribution < 1.29 is 4.79 Å². The lowest BCUT2D eigenvalue weighted by atomic mass is 10.2. The summed E-state index contributed by atoms with van der Waals surface area (Å²) in [4.78, 5) is 20.1. The van der Waals surface area contributed by atoms with Gasteiger partial charge in [0.05, 0.1) is 12.0 Å². The quantitative estimate of drug-likeness (QED) is 0.701. The van der Waals surface area contributed by atoms with Crippen LogP contribution in [0.1, 0.15) is 22.6 Å². The summed E-state index contributed by atoms with van der Waals surface area (Å²) in [5, 5.41) is 7.08. The van der Waals surface area contributed by atoms with Crippen LogP contribution in [0.25, 0.3) is 5.69 Å². The molecule has 7 heteroatoms. The molecule has 0 atom stereocenters. The smallest absolute Gasteiger partial charge is 0.290 e. The summed E-state index contributed by atoms with van der Waals surface area (Å²) in [6, 6.07) is 7.83. The van der Waals surface area contributed by atoms with Crippen molar-refractivity contribution in [2.45, 2.75) is 19.9 Å². The lowest BCUT2D eigenvalue weighted by Gasteiger charge is -2.04. The zero-order chi connectivity index (χ0) is 16.1. The molecule has 3 aromatic rings. The van der Waals surface area contributed by atoms with E-state index in [-0.39, 0.29) is 11.7 Å². The Hall–Kier alpha value is -2.96. The first-order valence-corrected chi connectivity index (χ1v) is 7.45. The van der Waals surface area contributed by atoms with Crippen molar-refractivity contribution in [2.75, 3.05) is 6.54 Å². The number of carbonyl (C=O) groups excluding carboxylic acids is 1. The number of hydrogen-bond donors (Lipinski definition) is 1. The van der Waals surface area contributed by atoms with Crippen LogP contribution in [-0.2, 0) is 6.54 Å². The molecule has 0 aliphatic rings. The fourth-order valence-electron chi connectivity index (χ4n) is 2.27. The fraction of sp³-hybridized carbons (Fsp3) is 0.250. The third kappa shape index (κ3) is 3.63. The van der Waals surface area contributed by atoms with E-state index in [1.54, 1.807) is 23.5 Å². The Bertz CT molecular complexity index is 777. The van der Waals surface area contributed by atoms with Crippen molar-refractivity contribution in [3.05, 3.63) is 60.7 Å². The summed E-state index contributed by atoms with van der Waals surface area (Å²) in [6.45, 7) is 3.37. The fourth-order valence-corrected chi connectivity index (χ4v) is 2.27. The van der Waals surface area contributed by atoms with E-state index in [0.717, 1.165) is 24.2 Å². The molecule has 3 rings (SSSR count). The average Bonchev–Trinajstić information content (AvgIpc) is 3.23. The molecule has 0 saturated carbocycles. The largest absolute Gasteiger partial charge is 0.349 e. The Kier molecular flexibility index (Phi) is 4.46. The minimum absolute atomic E-state index is 0.177. The molecule has 0 unspecified atom stereocenters. The first-order chi connectivity index (χ1) is 11.2. The van der Waals surface area contributed by atoms with Crippen LogP contribution in [0.15, 0.2) is 49.3 Å². The van der Waals surface area contributed by atoms with Crippen LogP contribution in [0, 0.1) is 6.92 Å². The number of aryl methyl sites for hydroxylation is 2. The van der Waals surface area contributed by atoms with Gasteiger partial charge in [-0.3, -0.25) is 4.79 Å². The van der Waals surface area contributed by atoms with Crippen LogP contribution < -0.4 is 5.32 Å². The number of benzene rings is 1. The zero-order valence-electron chi connectivity index (χ0n) is 12.9. The number of para-hydroxylation sites is 1. The van der Waals surface area contributed by atoms with Gasteiger partial charge in [0, 0.05) is 25.5 Å². The van der Waals surface area contributed by atoms with Crippen molar-refractivity contribution in [1.29, 1.82) is 0 Å². The molecule has 23 heavy (non-hydrogen) atoms. The normalized spacial score (nSPS) is 10.7. The summed E-state index contributed by atoms with van der Waals surface area (Å²) in [6.07, 6.45) is 7.77. The van der Waals surface area contributed by atoms with Crippen molar-refractivity contribution in [3.63, 3.8) is 0 Å². The predicted molar refractivity (Wildman–Crippen MR) is 85.3 cm³/mol. The average molecular weight is 310 g/mol. The summed E-state index contributed by atoms with van der Waals surface area (Å²) in [5.74, 6) is -0.0844. The van der Waals surface area contributed by atoms with Crippen LogP contribution in [0.4, 0.5) is 0 Å². The van der Waals surface area contributed by atoms with Crippen LogP contribution in [0.2, 0.25) is 0 Å². The number of nitrogens with zero attached hydrogens (tertiary/aromatic N) is 5. The molecule has 1 N–H and O–H groups in total. The lowest BCUT2D eigenvalue weighted by Crippen LogP contribution is -2.26. The van der Waals surface area contributed by atoms with Gasteiger partial charge in [0.1, 0.15) is 6.33 Å². The number of hydrogen-bond acceptors (Lipinski definition) is 4. The van der Waals surface area contributed by atoms with E-state index in [1.807, 2.05) is 42.0 Å². The van der Waals surface area contributed by atoms with E-state index in [4.69, 9.17) is 0 Å². The highest BCUT2D eigenvalue weighted by molar-refractivity contribution is 5.90. The van der Waals surface area contributed by atoms with E-state index in [9.17, 15) is 4.79 Å². The van der Waals surface area contributed by atoms with Crippen molar-refractivity contribution in [2.24, 2.45) is 0 Å². The second-order valence-electron chi connectivity index (χ2n) is 5.21. The zero-order valence-corrected chi connectivity index (χ0v) is 12.9. The highest BCUT2D eigenvalue weighted by atomic mass is 16.2. The molecule has 0 spiro atoms. The van der Waals surface area contributed by atoms with Gasteiger partial charge in [-0.25, -0.2) is 14.6 Å². The minimum atomic E-state index is -0.261. The van der Waals surface area contributed by atoms with Gasteiger partial charge in [0.25, 0.3) is 5.91 Å². The van der Waals surface area contributed by atoms with Crippen LogP contribution in [0.3, 0.4) is 0 Å². The van der Waals surface area contributed by atoms with Gasteiger partial charge in [-0.05, 0) is 25.0 Å². The van der Waals surface area contributed by atoms with Gasteiger partial charge in [0.2, 0.25) is 5.82 Å². The first-order valence-electron chi connectivity index (χ1n) is 7.45. The number of nitrogens with one attached hydrogen (secondary N) is 1. The van der Waals surface area contributed by atoms with Crippen LogP contribution in [-0.4, -0.2) is 36.8 Å². The molecule has 0 aliphatic carbocycles. The van der Waals surface area contributed by atoms with Gasteiger partial charge >= 0.3 is 0 Å². The van der Waals surface area contributed by atoms with Gasteiger partial charge < -0.3 is 9.88 Å². The monoisotopic (exact) mass is 310 g/mol. The number of imidazole rings is 1. The second kappa shape index (κ2) is 6.87. The number of rotatable bonds is 6. The van der Waals surface area contributed by atoms with Gasteiger partial charge in [-0.2, -0.15) is 0 Å². The molecule has 0 aliphatic heterocycles. The van der Waals surface area contributed by atoms with E-state index >= 15 is 0 Å². The van der Waals surface area contributed by atoms with Crippen LogP contribution in [0.5, 0.6) is 0 Å². The number of aromatic nitrogens is 5. The van der Waals surface area contributed by atoms with Crippen molar-refractivity contribution in [1.82, 2.24) is 29.6 Å². The Labute approximate surface area is 134 Å². The molecule has 0 radical (unpaired) electrons. The summed E-state index contributed by atoms with van der Waals surface area (Å²) < 4.78 is 3.59. The molecule has 0 saturated heterocycles. The lowest BCUT2D eigenvalue weighted by molar-refractivity contribution is 0.0942. The Morgan fingerprint density at radius 3 is 2.91 bits per heavy atom. The summed E-state index contributed by atoms with van der Waals surface area (Å²) in [7, 11) is 0. The molecule has 2 heterocycles. The minimum Gasteiger partial charge on any atom is -0.349 e. The maximum absolute atomic E-state index is 12.1. The highest BCUT2D eigenvalue weighted by Crippen LogP contribution is 2.11. The molecule has 1 aromatic carbocycles. The topological polar surface area (TPSA) is 77.6 Å². The first kappa shape index (κ1) is 15.0. The molecule has 1 amide bonds. The van der Waals surface area contributed by atoms with Gasteiger partial charge in [-0.15, -0.1) is 5.10 Å².